The molecule has 1 aromatic carbocycles. The van der Waals surface area contributed by atoms with Crippen LogP contribution in [0.2, 0.25) is 0 Å². The molecule has 0 aliphatic carbocycles. The highest BCUT2D eigenvalue weighted by Gasteiger charge is 2.26. The van der Waals surface area contributed by atoms with Crippen LogP contribution >= 0.6 is 0 Å². The molecule has 0 bridgehead atoms. The molecule has 0 aliphatic heterocycles. The first-order chi connectivity index (χ1) is 9.21. The van der Waals surface area contributed by atoms with E-state index < -0.39 is 21.1 Å². The Labute approximate surface area is 119 Å². The average molecular weight is 300 g/mol. The van der Waals surface area contributed by atoms with Gasteiger partial charge in [0.25, 0.3) is 0 Å². The molecule has 1 atom stereocenters. The highest BCUT2D eigenvalue weighted by Crippen LogP contribution is 2.26. The average Bonchev–Trinajstić information content (AvgIpc) is 2.38. The van der Waals surface area contributed by atoms with Crippen LogP contribution in [0.5, 0.6) is 0 Å². The minimum atomic E-state index is -3.56. The lowest BCUT2D eigenvalue weighted by Gasteiger charge is -2.16. The summed E-state index contributed by atoms with van der Waals surface area (Å²) in [6.07, 6.45) is 0.370. The van der Waals surface area contributed by atoms with Gasteiger partial charge in [0.15, 0.2) is 9.84 Å². The SMILES string of the molecule is COCCC(C)S(=O)(=O)c1cc(C(=O)O)cc(C)c1C. The summed E-state index contributed by atoms with van der Waals surface area (Å²) in [4.78, 5) is 11.2. The molecule has 1 rings (SSSR count). The van der Waals surface area contributed by atoms with Gasteiger partial charge in [0, 0.05) is 13.7 Å². The molecular weight excluding hydrogens is 280 g/mol. The molecule has 1 aromatic rings. The van der Waals surface area contributed by atoms with E-state index >= 15 is 0 Å². The monoisotopic (exact) mass is 300 g/mol. The zero-order valence-corrected chi connectivity index (χ0v) is 13.0. The first kappa shape index (κ1) is 16.7. The van der Waals surface area contributed by atoms with Crippen molar-refractivity contribution in [3.05, 3.63) is 28.8 Å². The largest absolute Gasteiger partial charge is 0.478 e. The molecule has 112 valence electrons. The molecule has 5 nitrogen and oxygen atoms in total. The third kappa shape index (κ3) is 3.37. The number of aryl methyl sites for hydroxylation is 1. The van der Waals surface area contributed by atoms with Gasteiger partial charge >= 0.3 is 5.97 Å². The lowest BCUT2D eigenvalue weighted by Crippen LogP contribution is -2.21. The number of carbonyl (C=O) groups is 1. The molecular formula is C14H20O5S. The molecule has 0 radical (unpaired) electrons. The Morgan fingerprint density at radius 3 is 2.45 bits per heavy atom. The summed E-state index contributed by atoms with van der Waals surface area (Å²) in [6, 6.07) is 2.72. The summed E-state index contributed by atoms with van der Waals surface area (Å²) >= 11 is 0. The topological polar surface area (TPSA) is 80.7 Å². The van der Waals surface area contributed by atoms with E-state index in [4.69, 9.17) is 9.84 Å². The first-order valence-corrected chi connectivity index (χ1v) is 7.83. The fraction of sp³-hybridized carbons (Fsp3) is 0.500. The second kappa shape index (κ2) is 6.37. The summed E-state index contributed by atoms with van der Waals surface area (Å²) < 4.78 is 30.0. The standard InChI is InChI=1S/C14H20O5S/c1-9-7-12(14(15)16)8-13(11(9)3)20(17,18)10(2)5-6-19-4/h7-8,10H,5-6H2,1-4H3,(H,15,16). The second-order valence-electron chi connectivity index (χ2n) is 4.86. The number of aromatic carboxylic acids is 1. The van der Waals surface area contributed by atoms with Crippen LogP contribution in [0.3, 0.4) is 0 Å². The summed E-state index contributed by atoms with van der Waals surface area (Å²) in [7, 11) is -2.05. The molecule has 1 N–H and O–H groups in total. The van der Waals surface area contributed by atoms with Crippen LogP contribution in [0, 0.1) is 13.8 Å². The zero-order valence-electron chi connectivity index (χ0n) is 12.1. The number of carboxylic acids is 1. The maximum absolute atomic E-state index is 12.5. The number of hydrogen-bond acceptors (Lipinski definition) is 4. The summed E-state index contributed by atoms with van der Waals surface area (Å²) in [5.74, 6) is -1.13. The van der Waals surface area contributed by atoms with Crippen LogP contribution in [-0.4, -0.2) is 38.5 Å². The van der Waals surface area contributed by atoms with Crippen LogP contribution in [0.25, 0.3) is 0 Å². The van der Waals surface area contributed by atoms with Gasteiger partial charge in [-0.1, -0.05) is 0 Å². The van der Waals surface area contributed by atoms with Gasteiger partial charge in [0.2, 0.25) is 0 Å². The Hall–Kier alpha value is -1.40. The Kier molecular flexibility index (Phi) is 5.30. The fourth-order valence-corrected chi connectivity index (χ4v) is 3.62. The van der Waals surface area contributed by atoms with E-state index in [-0.39, 0.29) is 10.5 Å². The predicted molar refractivity (Wildman–Crippen MR) is 76.0 cm³/mol. The molecule has 20 heavy (non-hydrogen) atoms. The van der Waals surface area contributed by atoms with Crippen molar-refractivity contribution < 1.29 is 23.1 Å². The van der Waals surface area contributed by atoms with Crippen molar-refractivity contribution in [2.24, 2.45) is 0 Å². The molecule has 0 saturated carbocycles. The molecule has 0 aromatic heterocycles. The Morgan fingerprint density at radius 2 is 1.95 bits per heavy atom. The molecule has 0 saturated heterocycles. The first-order valence-electron chi connectivity index (χ1n) is 6.29. The molecule has 0 aliphatic rings. The number of hydrogen-bond donors (Lipinski definition) is 1. The third-order valence-corrected chi connectivity index (χ3v) is 5.76. The Morgan fingerprint density at radius 1 is 1.35 bits per heavy atom. The van der Waals surface area contributed by atoms with Crippen molar-refractivity contribution in [2.75, 3.05) is 13.7 Å². The van der Waals surface area contributed by atoms with Crippen molar-refractivity contribution >= 4 is 15.8 Å². The number of sulfone groups is 1. The molecule has 1 unspecified atom stereocenters. The van der Waals surface area contributed by atoms with E-state index in [1.807, 2.05) is 0 Å². The zero-order chi connectivity index (χ0) is 15.5. The number of rotatable bonds is 6. The Balaban J connectivity index is 3.34. The van der Waals surface area contributed by atoms with Crippen molar-refractivity contribution in [3.8, 4) is 0 Å². The van der Waals surface area contributed by atoms with E-state index in [0.29, 0.717) is 24.2 Å². The minimum absolute atomic E-state index is 0.00869. The van der Waals surface area contributed by atoms with Crippen LogP contribution in [-0.2, 0) is 14.6 Å². The normalized spacial score (nSPS) is 13.2. The number of carboxylic acid groups (broad SMARTS) is 1. The van der Waals surface area contributed by atoms with E-state index in [1.54, 1.807) is 20.8 Å². The summed E-state index contributed by atoms with van der Waals surface area (Å²) in [5.41, 5.74) is 1.24. The third-order valence-electron chi connectivity index (χ3n) is 3.43. The van der Waals surface area contributed by atoms with Crippen LogP contribution in [0.15, 0.2) is 17.0 Å². The highest BCUT2D eigenvalue weighted by atomic mass is 32.2. The Bertz CT molecular complexity index is 604. The van der Waals surface area contributed by atoms with Gasteiger partial charge in [-0.05, 0) is 50.5 Å². The lowest BCUT2D eigenvalue weighted by atomic mass is 10.1. The molecule has 0 fully saturated rings. The van der Waals surface area contributed by atoms with Gasteiger partial charge in [0.1, 0.15) is 0 Å². The maximum atomic E-state index is 12.5. The van der Waals surface area contributed by atoms with Gasteiger partial charge < -0.3 is 9.84 Å². The van der Waals surface area contributed by atoms with Crippen molar-refractivity contribution in [1.29, 1.82) is 0 Å². The van der Waals surface area contributed by atoms with Gasteiger partial charge in [-0.15, -0.1) is 0 Å². The van der Waals surface area contributed by atoms with E-state index in [9.17, 15) is 13.2 Å². The highest BCUT2D eigenvalue weighted by molar-refractivity contribution is 7.92. The van der Waals surface area contributed by atoms with Gasteiger partial charge in [-0.25, -0.2) is 13.2 Å². The van der Waals surface area contributed by atoms with Gasteiger partial charge in [-0.2, -0.15) is 0 Å². The van der Waals surface area contributed by atoms with E-state index in [1.165, 1.54) is 19.2 Å². The van der Waals surface area contributed by atoms with Crippen molar-refractivity contribution in [2.45, 2.75) is 37.3 Å². The number of ether oxygens (including phenoxy) is 1. The van der Waals surface area contributed by atoms with Gasteiger partial charge in [-0.3, -0.25) is 0 Å². The summed E-state index contributed by atoms with van der Waals surface area (Å²) in [6.45, 7) is 5.35. The number of methoxy groups -OCH3 is 1. The quantitative estimate of drug-likeness (QED) is 0.871. The second-order valence-corrected chi connectivity index (χ2v) is 7.19. The fourth-order valence-electron chi connectivity index (χ4n) is 1.90. The van der Waals surface area contributed by atoms with Crippen LogP contribution in [0.1, 0.15) is 34.8 Å². The van der Waals surface area contributed by atoms with Crippen molar-refractivity contribution in [3.63, 3.8) is 0 Å². The van der Waals surface area contributed by atoms with Gasteiger partial charge in [0.05, 0.1) is 15.7 Å². The van der Waals surface area contributed by atoms with E-state index in [0.717, 1.165) is 0 Å². The molecule has 0 amide bonds. The molecule has 0 spiro atoms. The summed E-state index contributed by atoms with van der Waals surface area (Å²) in [5, 5.41) is 8.43. The molecule has 6 heteroatoms. The predicted octanol–water partition coefficient (Wildman–Crippen LogP) is 2.20. The van der Waals surface area contributed by atoms with E-state index in [2.05, 4.69) is 0 Å². The number of benzene rings is 1. The van der Waals surface area contributed by atoms with Crippen LogP contribution in [0.4, 0.5) is 0 Å². The molecule has 0 heterocycles. The smallest absolute Gasteiger partial charge is 0.335 e. The maximum Gasteiger partial charge on any atom is 0.335 e. The lowest BCUT2D eigenvalue weighted by molar-refractivity contribution is 0.0696. The minimum Gasteiger partial charge on any atom is -0.478 e. The van der Waals surface area contributed by atoms with Crippen LogP contribution < -0.4 is 0 Å². The van der Waals surface area contributed by atoms with Crippen molar-refractivity contribution in [1.82, 2.24) is 0 Å².